The largest absolute Gasteiger partial charge is 0.493 e. The Hall–Kier alpha value is -3.06. The van der Waals surface area contributed by atoms with Gasteiger partial charge in [-0.25, -0.2) is 4.79 Å². The maximum absolute atomic E-state index is 12.1. The number of esters is 1. The molecular weight excluding hydrogens is 374 g/mol. The van der Waals surface area contributed by atoms with Gasteiger partial charge in [-0.3, -0.25) is 9.59 Å². The average molecular weight is 392 g/mol. The Bertz CT molecular complexity index is 839. The van der Waals surface area contributed by atoms with E-state index >= 15 is 0 Å². The molecule has 7 nitrogen and oxygen atoms in total. The number of carbonyl (C=O) groups excluding carboxylic acids is 3. The van der Waals surface area contributed by atoms with E-state index in [-0.39, 0.29) is 5.75 Å². The van der Waals surface area contributed by atoms with Crippen molar-refractivity contribution in [1.82, 2.24) is 0 Å². The molecule has 0 spiro atoms. The molecule has 142 valence electrons. The summed E-state index contributed by atoms with van der Waals surface area (Å²) in [5, 5.41) is 3.07. The zero-order chi connectivity index (χ0) is 19.8. The van der Waals surface area contributed by atoms with Gasteiger partial charge in [0.2, 0.25) is 0 Å². The summed E-state index contributed by atoms with van der Waals surface area (Å²) in [5.41, 5.74) is 0.903. The zero-order valence-corrected chi connectivity index (χ0v) is 15.5. The number of hydrogen-bond acceptors (Lipinski definition) is 6. The van der Waals surface area contributed by atoms with Crippen LogP contribution in [0.2, 0.25) is 5.02 Å². The van der Waals surface area contributed by atoms with Crippen LogP contribution in [0, 0.1) is 0 Å². The summed E-state index contributed by atoms with van der Waals surface area (Å²) in [6, 6.07) is 11.1. The van der Waals surface area contributed by atoms with Crippen molar-refractivity contribution in [3.05, 3.63) is 53.1 Å². The van der Waals surface area contributed by atoms with Gasteiger partial charge in [-0.15, -0.1) is 0 Å². The van der Waals surface area contributed by atoms with Gasteiger partial charge in [-0.1, -0.05) is 17.7 Å². The van der Waals surface area contributed by atoms with Crippen molar-refractivity contribution in [2.24, 2.45) is 0 Å². The molecule has 8 heteroatoms. The molecule has 0 aliphatic rings. The van der Waals surface area contributed by atoms with Crippen LogP contribution in [0.4, 0.5) is 5.69 Å². The Morgan fingerprint density at radius 3 is 2.63 bits per heavy atom. The van der Waals surface area contributed by atoms with Gasteiger partial charge < -0.3 is 19.5 Å². The molecule has 0 aliphatic carbocycles. The summed E-state index contributed by atoms with van der Waals surface area (Å²) in [7, 11) is 1.41. The van der Waals surface area contributed by atoms with Crippen LogP contribution in [-0.4, -0.2) is 38.0 Å². The number of benzene rings is 2. The first-order valence-corrected chi connectivity index (χ1v) is 8.32. The van der Waals surface area contributed by atoms with Crippen molar-refractivity contribution >= 4 is 35.5 Å². The molecule has 2 aromatic rings. The van der Waals surface area contributed by atoms with E-state index in [0.29, 0.717) is 28.3 Å². The van der Waals surface area contributed by atoms with Gasteiger partial charge >= 0.3 is 5.97 Å². The second-order valence-electron chi connectivity index (χ2n) is 5.45. The fraction of sp³-hybridized carbons (Fsp3) is 0.211. The van der Waals surface area contributed by atoms with Gasteiger partial charge in [0, 0.05) is 16.3 Å². The number of anilines is 1. The fourth-order valence-electron chi connectivity index (χ4n) is 2.11. The second kappa shape index (κ2) is 9.59. The van der Waals surface area contributed by atoms with Gasteiger partial charge in [0.15, 0.2) is 24.2 Å². The lowest BCUT2D eigenvalue weighted by atomic mass is 10.2. The molecule has 1 atom stereocenters. The van der Waals surface area contributed by atoms with Crippen LogP contribution in [0.15, 0.2) is 42.5 Å². The standard InChI is InChI=1S/C19H18ClNO6/c1-12(19(24)21-15-5-3-4-14(20)9-15)27-18(23)11-26-16-7-6-13(10-22)8-17(16)25-2/h3-10,12H,11H2,1-2H3,(H,21,24)/t12-/m0/s1. The number of nitrogens with one attached hydrogen (secondary N) is 1. The highest BCUT2D eigenvalue weighted by molar-refractivity contribution is 6.30. The zero-order valence-electron chi connectivity index (χ0n) is 14.7. The number of amides is 1. The van der Waals surface area contributed by atoms with Gasteiger partial charge in [0.05, 0.1) is 7.11 Å². The minimum absolute atomic E-state index is 0.274. The number of methoxy groups -OCH3 is 1. The molecule has 27 heavy (non-hydrogen) atoms. The molecule has 0 radical (unpaired) electrons. The Morgan fingerprint density at radius 2 is 1.96 bits per heavy atom. The smallest absolute Gasteiger partial charge is 0.344 e. The number of ether oxygens (including phenoxy) is 3. The lowest BCUT2D eigenvalue weighted by Crippen LogP contribution is -2.31. The number of hydrogen-bond donors (Lipinski definition) is 1. The predicted molar refractivity (Wildman–Crippen MR) is 99.5 cm³/mol. The Morgan fingerprint density at radius 1 is 1.19 bits per heavy atom. The summed E-state index contributed by atoms with van der Waals surface area (Å²) in [5.74, 6) is -0.654. The van der Waals surface area contributed by atoms with Crippen LogP contribution in [-0.2, 0) is 14.3 Å². The van der Waals surface area contributed by atoms with Crippen LogP contribution in [0.25, 0.3) is 0 Å². The monoisotopic (exact) mass is 391 g/mol. The maximum Gasteiger partial charge on any atom is 0.344 e. The number of carbonyl (C=O) groups is 3. The van der Waals surface area contributed by atoms with Crippen molar-refractivity contribution in [2.45, 2.75) is 13.0 Å². The molecule has 0 bridgehead atoms. The van der Waals surface area contributed by atoms with Crippen LogP contribution >= 0.6 is 11.6 Å². The van der Waals surface area contributed by atoms with Crippen molar-refractivity contribution in [2.75, 3.05) is 19.0 Å². The minimum atomic E-state index is -1.03. The van der Waals surface area contributed by atoms with Crippen molar-refractivity contribution in [3.63, 3.8) is 0 Å². The van der Waals surface area contributed by atoms with Gasteiger partial charge in [0.25, 0.3) is 5.91 Å². The van der Waals surface area contributed by atoms with Gasteiger partial charge in [-0.2, -0.15) is 0 Å². The second-order valence-corrected chi connectivity index (χ2v) is 5.88. The Balaban J connectivity index is 1.87. The summed E-state index contributed by atoms with van der Waals surface area (Å²) in [6.07, 6.45) is -0.361. The van der Waals surface area contributed by atoms with Crippen molar-refractivity contribution in [3.8, 4) is 11.5 Å². The third-order valence-corrected chi connectivity index (χ3v) is 3.67. The average Bonchev–Trinajstić information content (AvgIpc) is 2.66. The maximum atomic E-state index is 12.1. The highest BCUT2D eigenvalue weighted by Crippen LogP contribution is 2.27. The van der Waals surface area contributed by atoms with Gasteiger partial charge in [0.1, 0.15) is 6.29 Å². The topological polar surface area (TPSA) is 90.9 Å². The normalized spacial score (nSPS) is 11.2. The Labute approximate surface area is 161 Å². The molecule has 2 rings (SSSR count). The minimum Gasteiger partial charge on any atom is -0.493 e. The van der Waals surface area contributed by atoms with Crippen molar-refractivity contribution < 1.29 is 28.6 Å². The van der Waals surface area contributed by atoms with Crippen LogP contribution in [0.3, 0.4) is 0 Å². The lowest BCUT2D eigenvalue weighted by molar-refractivity contribution is -0.155. The molecule has 0 saturated carbocycles. The lowest BCUT2D eigenvalue weighted by Gasteiger charge is -2.15. The quantitative estimate of drug-likeness (QED) is 0.549. The fourth-order valence-corrected chi connectivity index (χ4v) is 2.30. The number of aldehydes is 1. The number of rotatable bonds is 8. The highest BCUT2D eigenvalue weighted by atomic mass is 35.5. The molecule has 0 heterocycles. The first kappa shape index (κ1) is 20.3. The molecule has 0 unspecified atom stereocenters. The van der Waals surface area contributed by atoms with Crippen LogP contribution in [0.1, 0.15) is 17.3 Å². The first-order valence-electron chi connectivity index (χ1n) is 7.95. The van der Waals surface area contributed by atoms with E-state index in [9.17, 15) is 14.4 Å². The van der Waals surface area contributed by atoms with E-state index in [1.807, 2.05) is 0 Å². The van der Waals surface area contributed by atoms with E-state index in [4.69, 9.17) is 25.8 Å². The third kappa shape index (κ3) is 6.00. The molecule has 1 amide bonds. The summed E-state index contributed by atoms with van der Waals surface area (Å²) >= 11 is 5.85. The van der Waals surface area contributed by atoms with E-state index in [2.05, 4.69) is 5.32 Å². The van der Waals surface area contributed by atoms with E-state index in [0.717, 1.165) is 0 Å². The predicted octanol–water partition coefficient (Wildman–Crippen LogP) is 3.11. The third-order valence-electron chi connectivity index (χ3n) is 3.44. The van der Waals surface area contributed by atoms with Crippen LogP contribution < -0.4 is 14.8 Å². The molecule has 1 N–H and O–H groups in total. The molecule has 0 saturated heterocycles. The summed E-state index contributed by atoms with van der Waals surface area (Å²) in [4.78, 5) is 34.8. The summed E-state index contributed by atoms with van der Waals surface area (Å²) < 4.78 is 15.5. The number of halogens is 1. The van der Waals surface area contributed by atoms with Crippen LogP contribution in [0.5, 0.6) is 11.5 Å². The SMILES string of the molecule is COc1cc(C=O)ccc1OCC(=O)O[C@@H](C)C(=O)Nc1cccc(Cl)c1. The van der Waals surface area contributed by atoms with Crippen molar-refractivity contribution in [1.29, 1.82) is 0 Å². The molecular formula is C19H18ClNO6. The van der Waals surface area contributed by atoms with Gasteiger partial charge in [-0.05, 0) is 43.3 Å². The Kier molecular flexibility index (Phi) is 7.19. The summed E-state index contributed by atoms with van der Waals surface area (Å²) in [6.45, 7) is 1.02. The first-order chi connectivity index (χ1) is 12.9. The molecule has 2 aromatic carbocycles. The van der Waals surface area contributed by atoms with E-state index in [1.54, 1.807) is 24.3 Å². The van der Waals surface area contributed by atoms with E-state index in [1.165, 1.54) is 32.2 Å². The molecule has 0 aliphatic heterocycles. The highest BCUT2D eigenvalue weighted by Gasteiger charge is 2.19. The van der Waals surface area contributed by atoms with E-state index < -0.39 is 24.6 Å². The molecule has 0 aromatic heterocycles. The molecule has 0 fully saturated rings.